The summed E-state index contributed by atoms with van der Waals surface area (Å²) in [7, 11) is 0. The molecule has 1 atom stereocenters. The quantitative estimate of drug-likeness (QED) is 0.439. The van der Waals surface area contributed by atoms with Gasteiger partial charge in [-0.25, -0.2) is 9.97 Å². The van der Waals surface area contributed by atoms with Crippen molar-refractivity contribution in [1.82, 2.24) is 15.3 Å². The van der Waals surface area contributed by atoms with Gasteiger partial charge in [-0.15, -0.1) is 0 Å². The molecule has 3 nitrogen and oxygen atoms in total. The van der Waals surface area contributed by atoms with Crippen molar-refractivity contribution in [3.8, 4) is 0 Å². The van der Waals surface area contributed by atoms with Crippen molar-refractivity contribution < 1.29 is 0 Å². The molecule has 0 aliphatic carbocycles. The molecule has 0 radical (unpaired) electrons. The standard InChI is InChI=1S/C11H19N3S/c1-3-12-10(2)6-4-9-15-11-13-7-5-8-14-11/h5,7-8,10,12H,3-4,6,9H2,1-2H3. The molecule has 0 spiro atoms. The predicted octanol–water partition coefficient (Wildman–Crippen LogP) is 2.35. The van der Waals surface area contributed by atoms with Crippen molar-refractivity contribution in [3.05, 3.63) is 18.5 Å². The molecule has 0 saturated heterocycles. The molecule has 15 heavy (non-hydrogen) atoms. The maximum atomic E-state index is 4.17. The van der Waals surface area contributed by atoms with Crippen LogP contribution in [0.1, 0.15) is 26.7 Å². The minimum Gasteiger partial charge on any atom is -0.315 e. The van der Waals surface area contributed by atoms with Crippen LogP contribution in [0.2, 0.25) is 0 Å². The summed E-state index contributed by atoms with van der Waals surface area (Å²) in [5, 5.41) is 4.29. The second-order valence-electron chi connectivity index (χ2n) is 3.48. The Hall–Kier alpha value is -0.610. The Kier molecular flexibility index (Phi) is 6.36. The molecule has 0 fully saturated rings. The van der Waals surface area contributed by atoms with Gasteiger partial charge in [0.25, 0.3) is 0 Å². The first-order chi connectivity index (χ1) is 7.33. The van der Waals surface area contributed by atoms with Crippen LogP contribution in [0.4, 0.5) is 0 Å². The highest BCUT2D eigenvalue weighted by atomic mass is 32.2. The van der Waals surface area contributed by atoms with E-state index in [0.29, 0.717) is 6.04 Å². The minimum absolute atomic E-state index is 0.618. The maximum absolute atomic E-state index is 4.17. The number of hydrogen-bond acceptors (Lipinski definition) is 4. The molecule has 1 aromatic heterocycles. The van der Waals surface area contributed by atoms with Crippen molar-refractivity contribution >= 4 is 11.8 Å². The lowest BCUT2D eigenvalue weighted by molar-refractivity contribution is 0.526. The number of hydrogen-bond donors (Lipinski definition) is 1. The van der Waals surface area contributed by atoms with E-state index in [-0.39, 0.29) is 0 Å². The van der Waals surface area contributed by atoms with E-state index >= 15 is 0 Å². The van der Waals surface area contributed by atoms with Gasteiger partial charge in [-0.3, -0.25) is 0 Å². The van der Waals surface area contributed by atoms with E-state index in [0.717, 1.165) is 17.5 Å². The van der Waals surface area contributed by atoms with Crippen LogP contribution in [-0.4, -0.2) is 28.3 Å². The highest BCUT2D eigenvalue weighted by Gasteiger charge is 2.00. The van der Waals surface area contributed by atoms with Crippen LogP contribution in [-0.2, 0) is 0 Å². The molecule has 4 heteroatoms. The molecule has 0 bridgehead atoms. The summed E-state index contributed by atoms with van der Waals surface area (Å²) >= 11 is 1.73. The van der Waals surface area contributed by atoms with Crippen LogP contribution in [0.5, 0.6) is 0 Å². The molecule has 1 N–H and O–H groups in total. The highest BCUT2D eigenvalue weighted by molar-refractivity contribution is 7.99. The molecule has 1 aromatic rings. The molecule has 0 aromatic carbocycles. The first-order valence-corrected chi connectivity index (χ1v) is 6.44. The first-order valence-electron chi connectivity index (χ1n) is 5.46. The molecule has 0 aliphatic rings. The number of nitrogens with zero attached hydrogens (tertiary/aromatic N) is 2. The number of thioether (sulfide) groups is 1. The third-order valence-corrected chi connectivity index (χ3v) is 3.07. The number of aromatic nitrogens is 2. The van der Waals surface area contributed by atoms with E-state index in [4.69, 9.17) is 0 Å². The topological polar surface area (TPSA) is 37.8 Å². The molecule has 1 unspecified atom stereocenters. The zero-order valence-corrected chi connectivity index (χ0v) is 10.3. The fourth-order valence-electron chi connectivity index (χ4n) is 1.36. The van der Waals surface area contributed by atoms with Crippen molar-refractivity contribution in [2.45, 2.75) is 37.9 Å². The van der Waals surface area contributed by atoms with Gasteiger partial charge in [0.05, 0.1) is 0 Å². The average Bonchev–Trinajstić information content (AvgIpc) is 2.26. The Morgan fingerprint density at radius 3 is 2.80 bits per heavy atom. The van der Waals surface area contributed by atoms with E-state index in [9.17, 15) is 0 Å². The van der Waals surface area contributed by atoms with E-state index < -0.39 is 0 Å². The van der Waals surface area contributed by atoms with Gasteiger partial charge < -0.3 is 5.32 Å². The molecule has 84 valence electrons. The lowest BCUT2D eigenvalue weighted by Crippen LogP contribution is -2.25. The van der Waals surface area contributed by atoms with E-state index in [1.807, 2.05) is 6.07 Å². The third-order valence-electron chi connectivity index (χ3n) is 2.11. The lowest BCUT2D eigenvalue weighted by Gasteiger charge is -2.10. The van der Waals surface area contributed by atoms with Crippen molar-refractivity contribution in [2.24, 2.45) is 0 Å². The van der Waals surface area contributed by atoms with Gasteiger partial charge in [0.15, 0.2) is 5.16 Å². The molecular weight excluding hydrogens is 206 g/mol. The van der Waals surface area contributed by atoms with Crippen LogP contribution in [0.3, 0.4) is 0 Å². The Balaban J connectivity index is 2.07. The fraction of sp³-hybridized carbons (Fsp3) is 0.636. The van der Waals surface area contributed by atoms with Gasteiger partial charge in [-0.2, -0.15) is 0 Å². The Labute approximate surface area is 96.1 Å². The summed E-state index contributed by atoms with van der Waals surface area (Å²) in [5.74, 6) is 1.10. The van der Waals surface area contributed by atoms with Gasteiger partial charge in [0.1, 0.15) is 0 Å². The SMILES string of the molecule is CCNC(C)CCCSc1ncccn1. The first kappa shape index (κ1) is 12.5. The van der Waals surface area contributed by atoms with Crippen LogP contribution in [0.25, 0.3) is 0 Å². The summed E-state index contributed by atoms with van der Waals surface area (Å²) in [5.41, 5.74) is 0. The number of nitrogens with one attached hydrogen (secondary N) is 1. The van der Waals surface area contributed by atoms with Crippen LogP contribution < -0.4 is 5.32 Å². The molecule has 1 heterocycles. The zero-order valence-electron chi connectivity index (χ0n) is 9.44. The smallest absolute Gasteiger partial charge is 0.187 e. The van der Waals surface area contributed by atoms with Crippen molar-refractivity contribution in [3.63, 3.8) is 0 Å². The average molecular weight is 225 g/mol. The monoisotopic (exact) mass is 225 g/mol. The Morgan fingerprint density at radius 2 is 2.13 bits per heavy atom. The molecule has 0 aliphatic heterocycles. The number of rotatable bonds is 7. The van der Waals surface area contributed by atoms with Crippen molar-refractivity contribution in [1.29, 1.82) is 0 Å². The van der Waals surface area contributed by atoms with E-state index in [1.54, 1.807) is 24.2 Å². The van der Waals surface area contributed by atoms with Gasteiger partial charge >= 0.3 is 0 Å². The second kappa shape index (κ2) is 7.65. The molecule has 1 rings (SSSR count). The van der Waals surface area contributed by atoms with Gasteiger partial charge in [-0.05, 0) is 32.4 Å². The molecule has 0 saturated carbocycles. The van der Waals surface area contributed by atoms with Crippen LogP contribution in [0, 0.1) is 0 Å². The summed E-state index contributed by atoms with van der Waals surface area (Å²) in [6, 6.07) is 2.46. The molecular formula is C11H19N3S. The van der Waals surface area contributed by atoms with E-state index in [2.05, 4.69) is 29.1 Å². The second-order valence-corrected chi connectivity index (χ2v) is 4.54. The minimum atomic E-state index is 0.618. The normalized spacial score (nSPS) is 12.7. The fourth-order valence-corrected chi connectivity index (χ4v) is 2.13. The zero-order chi connectivity index (χ0) is 10.9. The third kappa shape index (κ3) is 5.74. The van der Waals surface area contributed by atoms with Crippen molar-refractivity contribution in [2.75, 3.05) is 12.3 Å². The van der Waals surface area contributed by atoms with Gasteiger partial charge in [0, 0.05) is 24.2 Å². The van der Waals surface area contributed by atoms with E-state index in [1.165, 1.54) is 12.8 Å². The maximum Gasteiger partial charge on any atom is 0.187 e. The van der Waals surface area contributed by atoms with Crippen LogP contribution in [0.15, 0.2) is 23.6 Å². The largest absolute Gasteiger partial charge is 0.315 e. The highest BCUT2D eigenvalue weighted by Crippen LogP contribution is 2.13. The predicted molar refractivity (Wildman–Crippen MR) is 65.1 cm³/mol. The van der Waals surface area contributed by atoms with Crippen LogP contribution >= 0.6 is 11.8 Å². The summed E-state index contributed by atoms with van der Waals surface area (Å²) in [6.07, 6.45) is 6.00. The summed E-state index contributed by atoms with van der Waals surface area (Å²) in [4.78, 5) is 8.34. The van der Waals surface area contributed by atoms with Gasteiger partial charge in [0.2, 0.25) is 0 Å². The molecule has 0 amide bonds. The summed E-state index contributed by atoms with van der Waals surface area (Å²) < 4.78 is 0. The summed E-state index contributed by atoms with van der Waals surface area (Å²) in [6.45, 7) is 5.42. The lowest BCUT2D eigenvalue weighted by atomic mass is 10.2. The van der Waals surface area contributed by atoms with Gasteiger partial charge in [-0.1, -0.05) is 18.7 Å². The Morgan fingerprint density at radius 1 is 1.40 bits per heavy atom. The Bertz CT molecular complexity index is 253.